The largest absolute Gasteiger partial charge is 0.444 e. The summed E-state index contributed by atoms with van der Waals surface area (Å²) >= 11 is 0. The Morgan fingerprint density at radius 3 is 2.44 bits per heavy atom. The van der Waals surface area contributed by atoms with Crippen LogP contribution >= 0.6 is 24.0 Å². The van der Waals surface area contributed by atoms with Crippen LogP contribution in [-0.4, -0.2) is 48.1 Å². The Morgan fingerprint density at radius 1 is 1.26 bits per heavy atom. The highest BCUT2D eigenvalue weighted by molar-refractivity contribution is 14.0. The van der Waals surface area contributed by atoms with Crippen molar-refractivity contribution in [3.8, 4) is 0 Å². The first-order valence-electron chi connectivity index (χ1n) is 10.1. The summed E-state index contributed by atoms with van der Waals surface area (Å²) in [6, 6.07) is 0.419. The molecule has 0 aromatic carbocycles. The number of piperidine rings is 1. The maximum absolute atomic E-state index is 5.71. The Morgan fingerprint density at radius 2 is 1.93 bits per heavy atom. The highest BCUT2D eigenvalue weighted by Gasteiger charge is 2.21. The first-order chi connectivity index (χ1) is 12.4. The van der Waals surface area contributed by atoms with E-state index in [1.807, 2.05) is 13.8 Å². The smallest absolute Gasteiger partial charge is 0.208 e. The van der Waals surface area contributed by atoms with Crippen molar-refractivity contribution in [1.29, 1.82) is 0 Å². The van der Waals surface area contributed by atoms with Crippen LogP contribution in [0.2, 0.25) is 0 Å². The molecule has 0 saturated carbocycles. The van der Waals surface area contributed by atoms with Crippen molar-refractivity contribution in [3.63, 3.8) is 0 Å². The fourth-order valence-corrected chi connectivity index (χ4v) is 3.05. The molecule has 1 unspecified atom stereocenters. The quantitative estimate of drug-likeness (QED) is 0.346. The Hall–Kier alpha value is -0.830. The average molecular weight is 491 g/mol. The van der Waals surface area contributed by atoms with Crippen molar-refractivity contribution in [3.05, 3.63) is 17.3 Å². The van der Waals surface area contributed by atoms with Crippen LogP contribution in [0.3, 0.4) is 0 Å². The minimum Gasteiger partial charge on any atom is -0.444 e. The van der Waals surface area contributed by atoms with E-state index in [1.165, 1.54) is 12.8 Å². The number of rotatable bonds is 7. The molecule has 0 spiro atoms. The summed E-state index contributed by atoms with van der Waals surface area (Å²) in [4.78, 5) is 11.8. The Balaban J connectivity index is 0.00000364. The molecule has 27 heavy (non-hydrogen) atoms. The molecule has 1 atom stereocenters. The fraction of sp³-hybridized carbons (Fsp3) is 0.800. The van der Waals surface area contributed by atoms with E-state index in [2.05, 4.69) is 48.2 Å². The van der Waals surface area contributed by atoms with Crippen molar-refractivity contribution in [1.82, 2.24) is 20.5 Å². The van der Waals surface area contributed by atoms with E-state index in [1.54, 1.807) is 0 Å². The molecule has 156 valence electrons. The third-order valence-corrected chi connectivity index (χ3v) is 5.36. The molecule has 1 saturated heterocycles. The van der Waals surface area contributed by atoms with Crippen molar-refractivity contribution in [2.45, 2.75) is 67.0 Å². The van der Waals surface area contributed by atoms with Crippen LogP contribution in [0.1, 0.15) is 57.9 Å². The van der Waals surface area contributed by atoms with Crippen LogP contribution in [0.15, 0.2) is 9.41 Å². The average Bonchev–Trinajstić information content (AvgIpc) is 2.91. The molecule has 1 aromatic rings. The van der Waals surface area contributed by atoms with Gasteiger partial charge in [0.25, 0.3) is 0 Å². The predicted molar refractivity (Wildman–Crippen MR) is 123 cm³/mol. The van der Waals surface area contributed by atoms with Gasteiger partial charge in [0.1, 0.15) is 5.76 Å². The van der Waals surface area contributed by atoms with E-state index in [9.17, 15) is 0 Å². The van der Waals surface area contributed by atoms with Crippen LogP contribution in [0.5, 0.6) is 0 Å². The number of hydrogen-bond donors (Lipinski definition) is 2. The van der Waals surface area contributed by atoms with E-state index in [0.717, 1.165) is 56.0 Å². The molecule has 0 amide bonds. The number of guanidine groups is 1. The number of aromatic nitrogens is 1. The van der Waals surface area contributed by atoms with Crippen LogP contribution < -0.4 is 10.6 Å². The minimum absolute atomic E-state index is 0. The summed E-state index contributed by atoms with van der Waals surface area (Å²) in [6.07, 6.45) is 2.36. The Kier molecular flexibility index (Phi) is 10.7. The van der Waals surface area contributed by atoms with Gasteiger partial charge in [-0.25, -0.2) is 4.98 Å². The lowest BCUT2D eigenvalue weighted by Gasteiger charge is -2.30. The molecule has 1 aromatic heterocycles. The molecule has 0 aliphatic carbocycles. The van der Waals surface area contributed by atoms with Gasteiger partial charge >= 0.3 is 0 Å². The number of aryl methyl sites for hydroxylation is 2. The topological polar surface area (TPSA) is 65.7 Å². The van der Waals surface area contributed by atoms with E-state index in [0.29, 0.717) is 17.9 Å². The first kappa shape index (κ1) is 24.2. The Labute approximate surface area is 182 Å². The lowest BCUT2D eigenvalue weighted by atomic mass is 9.97. The van der Waals surface area contributed by atoms with Crippen molar-refractivity contribution in [2.75, 3.05) is 26.2 Å². The monoisotopic (exact) mass is 491 g/mol. The van der Waals surface area contributed by atoms with Gasteiger partial charge in [0.15, 0.2) is 5.96 Å². The summed E-state index contributed by atoms with van der Waals surface area (Å²) in [5, 5.41) is 6.88. The maximum atomic E-state index is 5.71. The van der Waals surface area contributed by atoms with Gasteiger partial charge in [-0.05, 0) is 65.5 Å². The third-order valence-electron chi connectivity index (χ3n) is 5.36. The zero-order valence-electron chi connectivity index (χ0n) is 17.8. The second-order valence-corrected chi connectivity index (χ2v) is 7.87. The number of likely N-dealkylation sites (tertiary alicyclic amines) is 1. The molecule has 1 fully saturated rings. The van der Waals surface area contributed by atoms with Gasteiger partial charge in [-0.1, -0.05) is 13.8 Å². The molecule has 0 bridgehead atoms. The molecular weight excluding hydrogens is 453 g/mol. The van der Waals surface area contributed by atoms with Gasteiger partial charge in [-0.3, -0.25) is 9.89 Å². The number of nitrogens with zero attached hydrogens (tertiary/aromatic N) is 3. The second-order valence-electron chi connectivity index (χ2n) is 7.87. The molecule has 0 radical (unpaired) electrons. The summed E-state index contributed by atoms with van der Waals surface area (Å²) < 4.78 is 5.71. The van der Waals surface area contributed by atoms with E-state index < -0.39 is 0 Å². The highest BCUT2D eigenvalue weighted by Crippen LogP contribution is 2.20. The molecule has 7 heteroatoms. The summed E-state index contributed by atoms with van der Waals surface area (Å²) in [7, 11) is 0. The number of oxazole rings is 1. The molecule has 2 heterocycles. The molecule has 1 aliphatic rings. The van der Waals surface area contributed by atoms with E-state index in [4.69, 9.17) is 9.41 Å². The number of halogens is 1. The lowest BCUT2D eigenvalue weighted by Crippen LogP contribution is -2.44. The summed E-state index contributed by atoms with van der Waals surface area (Å²) in [5.74, 6) is 3.97. The molecular formula is C20H38IN5O. The van der Waals surface area contributed by atoms with Crippen molar-refractivity contribution in [2.24, 2.45) is 16.8 Å². The van der Waals surface area contributed by atoms with Crippen molar-refractivity contribution >= 4 is 29.9 Å². The lowest BCUT2D eigenvalue weighted by molar-refractivity contribution is 0.166. The van der Waals surface area contributed by atoms with Crippen LogP contribution in [0.4, 0.5) is 0 Å². The Bertz CT molecular complexity index is 559. The van der Waals surface area contributed by atoms with Gasteiger partial charge in [0.05, 0.1) is 12.2 Å². The second kappa shape index (κ2) is 11.9. The van der Waals surface area contributed by atoms with Crippen LogP contribution in [0, 0.1) is 25.7 Å². The number of aliphatic imine (C=N–C) groups is 1. The molecule has 1 aliphatic heterocycles. The van der Waals surface area contributed by atoms with Crippen molar-refractivity contribution < 1.29 is 4.42 Å². The normalized spacial score (nSPS) is 17.7. The summed E-state index contributed by atoms with van der Waals surface area (Å²) in [5.41, 5.74) is 1.00. The molecule has 2 N–H and O–H groups in total. The fourth-order valence-electron chi connectivity index (χ4n) is 3.05. The first-order valence-corrected chi connectivity index (χ1v) is 10.1. The van der Waals surface area contributed by atoms with Gasteiger partial charge in [0, 0.05) is 19.1 Å². The number of nitrogens with one attached hydrogen (secondary N) is 2. The summed E-state index contributed by atoms with van der Waals surface area (Å²) in [6.45, 7) is 17.6. The molecule has 6 nitrogen and oxygen atoms in total. The van der Waals surface area contributed by atoms with Gasteiger partial charge in [-0.15, -0.1) is 24.0 Å². The van der Waals surface area contributed by atoms with Crippen LogP contribution in [-0.2, 0) is 6.54 Å². The molecule has 2 rings (SSSR count). The van der Waals surface area contributed by atoms with Crippen LogP contribution in [0.25, 0.3) is 0 Å². The minimum atomic E-state index is 0. The number of hydrogen-bond acceptors (Lipinski definition) is 4. The van der Waals surface area contributed by atoms with Gasteiger partial charge < -0.3 is 15.1 Å². The van der Waals surface area contributed by atoms with Gasteiger partial charge in [0.2, 0.25) is 5.89 Å². The zero-order valence-corrected chi connectivity index (χ0v) is 20.2. The zero-order chi connectivity index (χ0) is 19.1. The maximum Gasteiger partial charge on any atom is 0.208 e. The standard InChI is InChI=1S/C20H37N5O.HI/c1-7-21-20(24-15(4)14(2)3)22-12-18-8-10-25(11-9-18)13-19-23-16(5)17(6)26-19;/h14-15,18H,7-13H2,1-6H3,(H2,21,22,24);1H. The SMILES string of the molecule is CCNC(=NCC1CCN(Cc2nc(C)c(C)o2)CC1)NC(C)C(C)C.I. The van der Waals surface area contributed by atoms with Gasteiger partial charge in [-0.2, -0.15) is 0 Å². The highest BCUT2D eigenvalue weighted by atomic mass is 127. The predicted octanol–water partition coefficient (Wildman–Crippen LogP) is 3.72. The third kappa shape index (κ3) is 7.97. The van der Waals surface area contributed by atoms with E-state index >= 15 is 0 Å². The van der Waals surface area contributed by atoms with E-state index in [-0.39, 0.29) is 24.0 Å².